The zero-order chi connectivity index (χ0) is 15.5. The minimum atomic E-state index is -0.443. The number of benzene rings is 1. The molecule has 1 aromatic carbocycles. The second kappa shape index (κ2) is 6.25. The number of aromatic nitrogens is 2. The summed E-state index contributed by atoms with van der Waals surface area (Å²) in [4.78, 5) is 12.3. The van der Waals surface area contributed by atoms with Crippen LogP contribution in [0.1, 0.15) is 10.4 Å². The van der Waals surface area contributed by atoms with Crippen LogP contribution in [0.4, 0.5) is 4.39 Å². The number of rotatable bonds is 4. The van der Waals surface area contributed by atoms with Gasteiger partial charge in [0.05, 0.1) is 23.6 Å². The molecule has 0 aliphatic carbocycles. The van der Waals surface area contributed by atoms with Gasteiger partial charge in [0, 0.05) is 31.1 Å². The summed E-state index contributed by atoms with van der Waals surface area (Å²) in [6.07, 6.45) is 0.998. The predicted molar refractivity (Wildman–Crippen MR) is 78.7 cm³/mol. The Hall–Kier alpha value is -2.25. The van der Waals surface area contributed by atoms with Gasteiger partial charge in [0.15, 0.2) is 0 Å². The van der Waals surface area contributed by atoms with E-state index in [1.165, 1.54) is 18.3 Å². The fourth-order valence-corrected chi connectivity index (χ4v) is 2.54. The molecule has 22 heavy (non-hydrogen) atoms. The summed E-state index contributed by atoms with van der Waals surface area (Å²) in [6, 6.07) is 5.84. The maximum absolute atomic E-state index is 13.0. The highest BCUT2D eigenvalue weighted by atomic mass is 19.1. The van der Waals surface area contributed by atoms with E-state index in [4.69, 9.17) is 0 Å². The van der Waals surface area contributed by atoms with Crippen LogP contribution < -0.4 is 10.6 Å². The maximum atomic E-state index is 13.0. The van der Waals surface area contributed by atoms with Crippen molar-refractivity contribution >= 4 is 5.91 Å². The zero-order valence-electron chi connectivity index (χ0n) is 11.8. The van der Waals surface area contributed by atoms with Crippen LogP contribution in [0.15, 0.2) is 30.5 Å². The number of carbonyl (C=O) groups is 1. The molecule has 1 aromatic heterocycles. The summed E-state index contributed by atoms with van der Waals surface area (Å²) in [6.45, 7) is 1.62. The molecule has 0 spiro atoms. The molecule has 6 nitrogen and oxygen atoms in total. The van der Waals surface area contributed by atoms with Crippen molar-refractivity contribution in [1.29, 1.82) is 0 Å². The van der Waals surface area contributed by atoms with Gasteiger partial charge >= 0.3 is 0 Å². The number of carbonyl (C=O) groups excluding carboxylic acids is 1. The monoisotopic (exact) mass is 304 g/mol. The highest BCUT2D eigenvalue weighted by Gasteiger charge is 2.25. The number of nitrogens with one attached hydrogen (secondary N) is 3. The Bertz CT molecular complexity index is 656. The Kier molecular flexibility index (Phi) is 4.17. The number of nitrogens with zero attached hydrogens (tertiary/aromatic N) is 1. The molecule has 7 heteroatoms. The SMILES string of the molecule is O=C(NCC1CNCC1O)c1cn[nH]c1-c1ccc(F)cc1. The first kappa shape index (κ1) is 14.7. The van der Waals surface area contributed by atoms with Crippen molar-refractivity contribution in [2.24, 2.45) is 5.92 Å². The Morgan fingerprint density at radius 2 is 2.14 bits per heavy atom. The molecule has 0 saturated carbocycles. The van der Waals surface area contributed by atoms with E-state index in [2.05, 4.69) is 20.8 Å². The highest BCUT2D eigenvalue weighted by Crippen LogP contribution is 2.21. The number of amides is 1. The van der Waals surface area contributed by atoms with Gasteiger partial charge in [0.25, 0.3) is 5.91 Å². The van der Waals surface area contributed by atoms with Crippen molar-refractivity contribution in [2.45, 2.75) is 6.10 Å². The van der Waals surface area contributed by atoms with Crippen LogP contribution in [0.3, 0.4) is 0 Å². The van der Waals surface area contributed by atoms with Crippen LogP contribution in [0.5, 0.6) is 0 Å². The molecule has 3 rings (SSSR count). The third kappa shape index (κ3) is 3.00. The molecule has 0 radical (unpaired) electrons. The third-order valence-corrected chi connectivity index (χ3v) is 3.85. The molecule has 2 heterocycles. The molecule has 2 unspecified atom stereocenters. The number of aromatic amines is 1. The van der Waals surface area contributed by atoms with Crippen LogP contribution in [0, 0.1) is 11.7 Å². The van der Waals surface area contributed by atoms with E-state index in [1.807, 2.05) is 0 Å². The average molecular weight is 304 g/mol. The fraction of sp³-hybridized carbons (Fsp3) is 0.333. The van der Waals surface area contributed by atoms with E-state index in [-0.39, 0.29) is 17.6 Å². The zero-order valence-corrected chi connectivity index (χ0v) is 11.8. The lowest BCUT2D eigenvalue weighted by Crippen LogP contribution is -2.34. The number of H-pyrrole nitrogens is 1. The molecule has 2 aromatic rings. The summed E-state index contributed by atoms with van der Waals surface area (Å²) in [5, 5.41) is 22.3. The van der Waals surface area contributed by atoms with Crippen molar-refractivity contribution in [3.05, 3.63) is 41.8 Å². The van der Waals surface area contributed by atoms with Gasteiger partial charge in [-0.2, -0.15) is 5.10 Å². The predicted octanol–water partition coefficient (Wildman–Crippen LogP) is 0.526. The van der Waals surface area contributed by atoms with Gasteiger partial charge in [-0.25, -0.2) is 4.39 Å². The van der Waals surface area contributed by atoms with Crippen molar-refractivity contribution in [3.63, 3.8) is 0 Å². The molecule has 4 N–H and O–H groups in total. The minimum absolute atomic E-state index is 0.00474. The first-order chi connectivity index (χ1) is 10.6. The number of hydrogen-bond acceptors (Lipinski definition) is 4. The van der Waals surface area contributed by atoms with Crippen molar-refractivity contribution in [2.75, 3.05) is 19.6 Å². The number of β-amino-alcohol motifs (C(OH)–C–C–N with tert-alkyl or cyclic N) is 1. The van der Waals surface area contributed by atoms with Gasteiger partial charge in [-0.1, -0.05) is 0 Å². The molecule has 1 amide bonds. The summed E-state index contributed by atoms with van der Waals surface area (Å²) in [5.41, 5.74) is 1.63. The average Bonchev–Trinajstić information content (AvgIpc) is 3.15. The second-order valence-electron chi connectivity index (χ2n) is 5.36. The van der Waals surface area contributed by atoms with Gasteiger partial charge in [0.1, 0.15) is 5.82 Å². The Balaban J connectivity index is 1.71. The Morgan fingerprint density at radius 3 is 2.82 bits per heavy atom. The molecular formula is C15H17FN4O2. The third-order valence-electron chi connectivity index (χ3n) is 3.85. The van der Waals surface area contributed by atoms with Crippen LogP contribution in [0.2, 0.25) is 0 Å². The Morgan fingerprint density at radius 1 is 1.36 bits per heavy atom. The first-order valence-corrected chi connectivity index (χ1v) is 7.11. The lowest BCUT2D eigenvalue weighted by Gasteiger charge is -2.14. The van der Waals surface area contributed by atoms with E-state index in [9.17, 15) is 14.3 Å². The normalized spacial score (nSPS) is 21.0. The standard InChI is InChI=1S/C15H17FN4O2/c16-11-3-1-9(2-4-11)14-12(7-19-20-14)15(22)18-6-10-5-17-8-13(10)21/h1-4,7,10,13,17,21H,5-6,8H2,(H,18,22)(H,19,20). The molecule has 116 valence electrons. The van der Waals surface area contributed by atoms with Crippen LogP contribution in [-0.4, -0.2) is 46.9 Å². The summed E-state index contributed by atoms with van der Waals surface area (Å²) < 4.78 is 13.0. The number of hydrogen-bond donors (Lipinski definition) is 4. The van der Waals surface area contributed by atoms with Crippen LogP contribution in [-0.2, 0) is 0 Å². The highest BCUT2D eigenvalue weighted by molar-refractivity contribution is 5.99. The molecule has 0 bridgehead atoms. The Labute approximate surface area is 126 Å². The summed E-state index contributed by atoms with van der Waals surface area (Å²) in [5.74, 6) is -0.603. The van der Waals surface area contributed by atoms with Crippen LogP contribution in [0.25, 0.3) is 11.3 Å². The molecule has 1 aliphatic heterocycles. The quantitative estimate of drug-likeness (QED) is 0.663. The van der Waals surface area contributed by atoms with E-state index in [0.29, 0.717) is 36.5 Å². The largest absolute Gasteiger partial charge is 0.391 e. The lowest BCUT2D eigenvalue weighted by atomic mass is 10.1. The van der Waals surface area contributed by atoms with Gasteiger partial charge in [-0.05, 0) is 24.3 Å². The van der Waals surface area contributed by atoms with Gasteiger partial charge in [-0.15, -0.1) is 0 Å². The molecule has 2 atom stereocenters. The van der Waals surface area contributed by atoms with E-state index < -0.39 is 6.10 Å². The molecule has 1 aliphatic rings. The van der Waals surface area contributed by atoms with Crippen LogP contribution >= 0.6 is 0 Å². The smallest absolute Gasteiger partial charge is 0.255 e. The molecule has 1 fully saturated rings. The number of halogens is 1. The van der Waals surface area contributed by atoms with E-state index in [1.54, 1.807) is 12.1 Å². The molecule has 1 saturated heterocycles. The van der Waals surface area contributed by atoms with E-state index in [0.717, 1.165) is 0 Å². The number of aliphatic hydroxyl groups excluding tert-OH is 1. The van der Waals surface area contributed by atoms with Crippen molar-refractivity contribution in [3.8, 4) is 11.3 Å². The fourth-order valence-electron chi connectivity index (χ4n) is 2.54. The number of aliphatic hydroxyl groups is 1. The molecular weight excluding hydrogens is 287 g/mol. The maximum Gasteiger partial charge on any atom is 0.255 e. The summed E-state index contributed by atoms with van der Waals surface area (Å²) >= 11 is 0. The van der Waals surface area contributed by atoms with Crippen molar-refractivity contribution < 1.29 is 14.3 Å². The lowest BCUT2D eigenvalue weighted by molar-refractivity contribution is 0.0928. The van der Waals surface area contributed by atoms with E-state index >= 15 is 0 Å². The first-order valence-electron chi connectivity index (χ1n) is 7.11. The van der Waals surface area contributed by atoms with Gasteiger partial charge < -0.3 is 15.7 Å². The topological polar surface area (TPSA) is 90.0 Å². The van der Waals surface area contributed by atoms with Gasteiger partial charge in [-0.3, -0.25) is 9.89 Å². The minimum Gasteiger partial charge on any atom is -0.391 e. The van der Waals surface area contributed by atoms with Gasteiger partial charge in [0.2, 0.25) is 0 Å². The summed E-state index contributed by atoms with van der Waals surface area (Å²) in [7, 11) is 0. The second-order valence-corrected chi connectivity index (χ2v) is 5.36. The van der Waals surface area contributed by atoms with Crippen molar-refractivity contribution in [1.82, 2.24) is 20.8 Å².